The molecule has 0 spiro atoms. The van der Waals surface area contributed by atoms with Crippen LogP contribution in [0, 0.1) is 0 Å². The van der Waals surface area contributed by atoms with Crippen molar-refractivity contribution in [3.63, 3.8) is 0 Å². The second-order valence-electron chi connectivity index (χ2n) is 9.85. The minimum absolute atomic E-state index is 0.104. The van der Waals surface area contributed by atoms with Crippen LogP contribution in [0.4, 0.5) is 0 Å². The Morgan fingerprint density at radius 3 is 2.23 bits per heavy atom. The quantitative estimate of drug-likeness (QED) is 0.0829. The molecule has 2 aromatic rings. The predicted octanol–water partition coefficient (Wildman–Crippen LogP) is -1.81. The minimum atomic E-state index is -1.49. The summed E-state index contributed by atoms with van der Waals surface area (Å²) in [5.41, 5.74) is 12.9. The Kier molecular flexibility index (Phi) is 14.1. The number of H-pyrrole nitrogens is 1. The van der Waals surface area contributed by atoms with Gasteiger partial charge in [-0.15, -0.1) is 0 Å². The molecule has 0 saturated heterocycles. The van der Waals surface area contributed by atoms with Crippen LogP contribution < -0.4 is 32.7 Å². The average Bonchev–Trinajstić information content (AvgIpc) is 3.37. The number of aliphatic carboxylic acids is 2. The van der Waals surface area contributed by atoms with E-state index in [1.807, 2.05) is 24.3 Å². The highest BCUT2D eigenvalue weighted by molar-refractivity contribution is 7.98. The summed E-state index contributed by atoms with van der Waals surface area (Å²) < 4.78 is 0. The van der Waals surface area contributed by atoms with Gasteiger partial charge in [0.1, 0.15) is 18.1 Å². The van der Waals surface area contributed by atoms with Crippen molar-refractivity contribution in [3.8, 4) is 0 Å². The number of carbonyl (C=O) groups is 7. The van der Waals surface area contributed by atoms with Crippen LogP contribution in [0.2, 0.25) is 0 Å². The number of fused-ring (bicyclic) bond motifs is 1. The second kappa shape index (κ2) is 17.5. The lowest BCUT2D eigenvalue weighted by atomic mass is 10.0. The van der Waals surface area contributed by atoms with Gasteiger partial charge in [0.25, 0.3) is 0 Å². The summed E-state index contributed by atoms with van der Waals surface area (Å²) in [4.78, 5) is 87.9. The third-order valence-corrected chi connectivity index (χ3v) is 7.08. The molecule has 0 unspecified atom stereocenters. The van der Waals surface area contributed by atoms with Gasteiger partial charge < -0.3 is 47.9 Å². The molecule has 0 aliphatic rings. The zero-order valence-corrected chi connectivity index (χ0v) is 24.8. The van der Waals surface area contributed by atoms with E-state index in [0.717, 1.165) is 16.5 Å². The third kappa shape index (κ3) is 11.6. The van der Waals surface area contributed by atoms with Crippen LogP contribution in [0.25, 0.3) is 10.9 Å². The summed E-state index contributed by atoms with van der Waals surface area (Å²) in [5, 5.41) is 28.3. The van der Waals surface area contributed by atoms with Crippen LogP contribution in [-0.4, -0.2) is 99.4 Å². The van der Waals surface area contributed by atoms with Crippen LogP contribution in [0.15, 0.2) is 30.5 Å². The number of thioether (sulfide) groups is 1. The van der Waals surface area contributed by atoms with Crippen molar-refractivity contribution in [1.82, 2.24) is 26.3 Å². The van der Waals surface area contributed by atoms with Gasteiger partial charge in [0.15, 0.2) is 0 Å². The summed E-state index contributed by atoms with van der Waals surface area (Å²) in [6.07, 6.45) is 2.26. The summed E-state index contributed by atoms with van der Waals surface area (Å²) in [7, 11) is 0. The van der Waals surface area contributed by atoms with Crippen LogP contribution in [-0.2, 0) is 40.0 Å². The number of hydrogen-bond acceptors (Lipinski definition) is 9. The lowest BCUT2D eigenvalue weighted by Crippen LogP contribution is -2.56. The summed E-state index contributed by atoms with van der Waals surface area (Å²) >= 11 is 1.36. The number of carboxylic acids is 2. The first-order valence-electron chi connectivity index (χ1n) is 13.5. The average molecular weight is 636 g/mol. The highest BCUT2D eigenvalue weighted by Crippen LogP contribution is 2.18. The molecule has 5 amide bonds. The first-order chi connectivity index (χ1) is 20.8. The second-order valence-corrected chi connectivity index (χ2v) is 10.8. The smallest absolute Gasteiger partial charge is 0.326 e. The van der Waals surface area contributed by atoms with E-state index in [1.54, 1.807) is 12.5 Å². The molecule has 0 bridgehead atoms. The van der Waals surface area contributed by atoms with Crippen molar-refractivity contribution in [2.45, 2.75) is 56.3 Å². The zero-order chi connectivity index (χ0) is 32.8. The van der Waals surface area contributed by atoms with E-state index in [0.29, 0.717) is 5.75 Å². The molecule has 0 aliphatic heterocycles. The van der Waals surface area contributed by atoms with Crippen molar-refractivity contribution < 1.29 is 43.8 Å². The molecule has 11 N–H and O–H groups in total. The van der Waals surface area contributed by atoms with Crippen molar-refractivity contribution in [1.29, 1.82) is 0 Å². The molecule has 4 atom stereocenters. The van der Waals surface area contributed by atoms with Gasteiger partial charge >= 0.3 is 11.9 Å². The van der Waals surface area contributed by atoms with E-state index in [2.05, 4.69) is 26.3 Å². The zero-order valence-electron chi connectivity index (χ0n) is 24.0. The Bertz CT molecular complexity index is 1370. The molecule has 0 fully saturated rings. The van der Waals surface area contributed by atoms with Gasteiger partial charge in [0, 0.05) is 23.5 Å². The molecule has 16 nitrogen and oxygen atoms in total. The number of primary amides is 1. The highest BCUT2D eigenvalue weighted by atomic mass is 32.2. The molecule has 1 aromatic carbocycles. The van der Waals surface area contributed by atoms with Gasteiger partial charge in [0.05, 0.1) is 19.0 Å². The van der Waals surface area contributed by atoms with E-state index in [4.69, 9.17) is 16.6 Å². The maximum Gasteiger partial charge on any atom is 0.326 e. The summed E-state index contributed by atoms with van der Waals surface area (Å²) in [6.45, 7) is -0.657. The van der Waals surface area contributed by atoms with E-state index in [9.17, 15) is 38.7 Å². The fourth-order valence-corrected chi connectivity index (χ4v) is 4.63. The highest BCUT2D eigenvalue weighted by Gasteiger charge is 2.29. The lowest BCUT2D eigenvalue weighted by Gasteiger charge is -2.22. The Morgan fingerprint density at radius 2 is 1.59 bits per heavy atom. The number of aromatic nitrogens is 1. The summed E-state index contributed by atoms with van der Waals surface area (Å²) in [6, 6.07) is 2.20. The first-order valence-corrected chi connectivity index (χ1v) is 14.9. The number of carbonyl (C=O) groups excluding carboxylic acids is 5. The minimum Gasteiger partial charge on any atom is -0.481 e. The van der Waals surface area contributed by atoms with Gasteiger partial charge in [-0.1, -0.05) is 18.2 Å². The molecule has 1 heterocycles. The molecule has 0 saturated carbocycles. The van der Waals surface area contributed by atoms with Crippen molar-refractivity contribution >= 4 is 64.1 Å². The Balaban J connectivity index is 1.99. The van der Waals surface area contributed by atoms with Crippen LogP contribution in [0.5, 0.6) is 0 Å². The van der Waals surface area contributed by atoms with Crippen molar-refractivity contribution in [2.24, 2.45) is 11.5 Å². The van der Waals surface area contributed by atoms with Gasteiger partial charge in [-0.05, 0) is 42.9 Å². The van der Waals surface area contributed by atoms with Crippen molar-refractivity contribution in [3.05, 3.63) is 36.0 Å². The van der Waals surface area contributed by atoms with Gasteiger partial charge in [-0.25, -0.2) is 4.79 Å². The molecule has 1 aromatic heterocycles. The first kappa shape index (κ1) is 35.6. The molecule has 17 heteroatoms. The standard InChI is InChI=1S/C27H37N7O9S/c1-44-9-8-18(26(41)33-19(27(42)43)6-7-23(37)38)32-22(36)13-31-25(40)20(11-21(29)35)34-24(39)16(28)10-14-12-30-17-5-3-2-4-15(14)17/h2-5,12,16,18-20,30H,6-11,13,28H2,1H3,(H2,29,35)(H,31,40)(H,32,36)(H,33,41)(H,34,39)(H,37,38)(H,42,43)/t16-,18-,19-,20-/m0/s1. The lowest BCUT2D eigenvalue weighted by molar-refractivity contribution is -0.143. The number of rotatable bonds is 19. The van der Waals surface area contributed by atoms with Crippen LogP contribution >= 0.6 is 11.8 Å². The Hall–Kier alpha value is -4.64. The number of hydrogen-bond donors (Lipinski definition) is 9. The molecule has 0 aliphatic carbocycles. The maximum absolute atomic E-state index is 12.8. The van der Waals surface area contributed by atoms with E-state index < -0.39 is 85.0 Å². The van der Waals surface area contributed by atoms with E-state index in [1.165, 1.54) is 11.8 Å². The molecule has 0 radical (unpaired) electrons. The normalized spacial score (nSPS) is 13.6. The monoisotopic (exact) mass is 635 g/mol. The van der Waals surface area contributed by atoms with Gasteiger partial charge in [-0.2, -0.15) is 11.8 Å². The van der Waals surface area contributed by atoms with E-state index >= 15 is 0 Å². The van der Waals surface area contributed by atoms with Gasteiger partial charge in [0.2, 0.25) is 29.5 Å². The number of benzene rings is 1. The molecule has 240 valence electrons. The van der Waals surface area contributed by atoms with Gasteiger partial charge in [-0.3, -0.25) is 28.8 Å². The number of amides is 5. The third-order valence-electron chi connectivity index (χ3n) is 6.44. The summed E-state index contributed by atoms with van der Waals surface area (Å²) in [5.74, 6) is -6.48. The number of aromatic amines is 1. The van der Waals surface area contributed by atoms with Crippen molar-refractivity contribution in [2.75, 3.05) is 18.6 Å². The largest absolute Gasteiger partial charge is 0.481 e. The number of nitrogens with two attached hydrogens (primary N) is 2. The molecule has 44 heavy (non-hydrogen) atoms. The molecule has 2 rings (SSSR count). The van der Waals surface area contributed by atoms with E-state index in [-0.39, 0.29) is 19.3 Å². The maximum atomic E-state index is 12.8. The van der Waals surface area contributed by atoms with Crippen LogP contribution in [0.3, 0.4) is 0 Å². The number of nitrogens with one attached hydrogen (secondary N) is 5. The SMILES string of the molecule is CSCC[C@H](NC(=O)CNC(=O)[C@H](CC(N)=O)NC(=O)[C@@H](N)Cc1c[nH]c2ccccc12)C(=O)N[C@@H](CCC(=O)O)C(=O)O. The Morgan fingerprint density at radius 1 is 0.909 bits per heavy atom. The fraction of sp³-hybridized carbons (Fsp3) is 0.444. The molecular weight excluding hydrogens is 598 g/mol. The van der Waals surface area contributed by atoms with Crippen LogP contribution in [0.1, 0.15) is 31.2 Å². The number of para-hydroxylation sites is 1. The Labute approximate surface area is 256 Å². The fourth-order valence-electron chi connectivity index (χ4n) is 4.16. The number of carboxylic acid groups (broad SMARTS) is 2. The topological polar surface area (TPSA) is 276 Å². The molecular formula is C27H37N7O9S. The predicted molar refractivity (Wildman–Crippen MR) is 160 cm³/mol.